The molecule has 1 aromatic rings. The van der Waals surface area contributed by atoms with E-state index in [0.717, 1.165) is 23.4 Å². The number of hydrogen-bond donors (Lipinski definition) is 2. The zero-order valence-electron chi connectivity index (χ0n) is 9.78. The van der Waals surface area contributed by atoms with Crippen LogP contribution in [0.2, 0.25) is 0 Å². The quantitative estimate of drug-likeness (QED) is 0.317. The molecule has 5 heteroatoms. The molecule has 1 aromatic heterocycles. The standard InChI is InChI=1S/C11H20N4S/c1-3-4-5-6-7-8-10(13-12)11-9(2)14-15-16-11/h3,10,13H,1,4-8,12H2,2H3. The minimum atomic E-state index is 0.198. The highest BCUT2D eigenvalue weighted by atomic mass is 32.1. The van der Waals surface area contributed by atoms with Crippen LogP contribution in [0.5, 0.6) is 0 Å². The second kappa shape index (κ2) is 7.49. The fourth-order valence-corrected chi connectivity index (χ4v) is 2.40. The molecule has 0 aliphatic heterocycles. The number of hydrogen-bond acceptors (Lipinski definition) is 5. The van der Waals surface area contributed by atoms with Crippen LogP contribution in [0.1, 0.15) is 48.7 Å². The van der Waals surface area contributed by atoms with E-state index in [2.05, 4.69) is 21.6 Å². The summed E-state index contributed by atoms with van der Waals surface area (Å²) in [5, 5.41) is 4.00. The number of nitrogens with zero attached hydrogens (tertiary/aromatic N) is 2. The number of nitrogens with one attached hydrogen (secondary N) is 1. The molecule has 0 amide bonds. The Bertz CT molecular complexity index is 311. The van der Waals surface area contributed by atoms with Crippen LogP contribution in [-0.2, 0) is 0 Å². The lowest BCUT2D eigenvalue weighted by atomic mass is 10.1. The van der Waals surface area contributed by atoms with E-state index < -0.39 is 0 Å². The average molecular weight is 240 g/mol. The number of rotatable bonds is 8. The van der Waals surface area contributed by atoms with Gasteiger partial charge in [0.05, 0.1) is 16.6 Å². The summed E-state index contributed by atoms with van der Waals surface area (Å²) < 4.78 is 3.93. The lowest BCUT2D eigenvalue weighted by molar-refractivity contribution is 0.488. The van der Waals surface area contributed by atoms with E-state index >= 15 is 0 Å². The molecule has 3 N–H and O–H groups in total. The molecule has 0 spiro atoms. The summed E-state index contributed by atoms with van der Waals surface area (Å²) in [6.45, 7) is 5.69. The number of aryl methyl sites for hydroxylation is 1. The van der Waals surface area contributed by atoms with Gasteiger partial charge in [-0.05, 0) is 37.7 Å². The molecule has 0 radical (unpaired) electrons. The summed E-state index contributed by atoms with van der Waals surface area (Å²) in [7, 11) is 0. The lowest BCUT2D eigenvalue weighted by Crippen LogP contribution is -2.27. The summed E-state index contributed by atoms with van der Waals surface area (Å²) in [5.74, 6) is 5.56. The fraction of sp³-hybridized carbons (Fsp3) is 0.636. The van der Waals surface area contributed by atoms with E-state index in [-0.39, 0.29) is 6.04 Å². The number of unbranched alkanes of at least 4 members (excludes halogenated alkanes) is 3. The first-order chi connectivity index (χ1) is 7.79. The smallest absolute Gasteiger partial charge is 0.0773 e. The molecule has 16 heavy (non-hydrogen) atoms. The lowest BCUT2D eigenvalue weighted by Gasteiger charge is -2.13. The minimum Gasteiger partial charge on any atom is -0.271 e. The molecule has 1 unspecified atom stereocenters. The van der Waals surface area contributed by atoms with E-state index in [4.69, 9.17) is 5.84 Å². The molecule has 1 heterocycles. The second-order valence-corrected chi connectivity index (χ2v) is 4.65. The van der Waals surface area contributed by atoms with Crippen molar-refractivity contribution >= 4 is 11.5 Å². The van der Waals surface area contributed by atoms with E-state index in [1.54, 1.807) is 0 Å². The first-order valence-corrected chi connectivity index (χ1v) is 6.42. The average Bonchev–Trinajstić information content (AvgIpc) is 2.70. The minimum absolute atomic E-state index is 0.198. The van der Waals surface area contributed by atoms with Crippen molar-refractivity contribution in [3.63, 3.8) is 0 Å². The molecule has 0 saturated carbocycles. The molecule has 1 atom stereocenters. The van der Waals surface area contributed by atoms with Gasteiger partial charge in [0.15, 0.2) is 0 Å². The molecule has 4 nitrogen and oxygen atoms in total. The van der Waals surface area contributed by atoms with Crippen molar-refractivity contribution in [3.8, 4) is 0 Å². The maximum Gasteiger partial charge on any atom is 0.0773 e. The highest BCUT2D eigenvalue weighted by molar-refractivity contribution is 7.05. The van der Waals surface area contributed by atoms with Crippen molar-refractivity contribution in [1.29, 1.82) is 0 Å². The zero-order valence-corrected chi connectivity index (χ0v) is 10.6. The largest absolute Gasteiger partial charge is 0.271 e. The topological polar surface area (TPSA) is 63.8 Å². The SMILES string of the molecule is C=CCCCCCC(NN)c1snnc1C. The molecule has 0 bridgehead atoms. The number of allylic oxidation sites excluding steroid dienone is 1. The zero-order chi connectivity index (χ0) is 11.8. The molecule has 90 valence electrons. The van der Waals surface area contributed by atoms with Gasteiger partial charge in [-0.2, -0.15) is 0 Å². The van der Waals surface area contributed by atoms with Crippen LogP contribution in [0.25, 0.3) is 0 Å². The van der Waals surface area contributed by atoms with Gasteiger partial charge in [0.25, 0.3) is 0 Å². The molecule has 0 saturated heterocycles. The third-order valence-electron chi connectivity index (χ3n) is 2.61. The van der Waals surface area contributed by atoms with Crippen molar-refractivity contribution in [2.45, 2.75) is 45.1 Å². The van der Waals surface area contributed by atoms with Crippen LogP contribution < -0.4 is 11.3 Å². The Morgan fingerprint density at radius 2 is 2.31 bits per heavy atom. The van der Waals surface area contributed by atoms with Crippen LogP contribution >= 0.6 is 11.5 Å². The van der Waals surface area contributed by atoms with Crippen LogP contribution in [0.3, 0.4) is 0 Å². The van der Waals surface area contributed by atoms with Crippen LogP contribution in [-0.4, -0.2) is 9.59 Å². The van der Waals surface area contributed by atoms with Crippen molar-refractivity contribution in [2.75, 3.05) is 0 Å². The van der Waals surface area contributed by atoms with Gasteiger partial charge in [-0.25, -0.2) is 0 Å². The Balaban J connectivity index is 2.33. The van der Waals surface area contributed by atoms with Gasteiger partial charge < -0.3 is 0 Å². The maximum absolute atomic E-state index is 5.56. The number of nitrogens with two attached hydrogens (primary N) is 1. The predicted molar refractivity (Wildman–Crippen MR) is 68.0 cm³/mol. The van der Waals surface area contributed by atoms with Crippen LogP contribution in [0.15, 0.2) is 12.7 Å². The van der Waals surface area contributed by atoms with Crippen molar-refractivity contribution in [2.24, 2.45) is 5.84 Å². The number of aromatic nitrogens is 2. The molecule has 0 aliphatic rings. The van der Waals surface area contributed by atoms with Gasteiger partial charge in [-0.1, -0.05) is 23.4 Å². The summed E-state index contributed by atoms with van der Waals surface area (Å²) >= 11 is 1.43. The summed E-state index contributed by atoms with van der Waals surface area (Å²) in [6.07, 6.45) is 7.70. The van der Waals surface area contributed by atoms with Crippen molar-refractivity contribution in [1.82, 2.24) is 15.0 Å². The predicted octanol–water partition coefficient (Wildman–Crippen LogP) is 2.49. The highest BCUT2D eigenvalue weighted by Gasteiger charge is 2.14. The summed E-state index contributed by atoms with van der Waals surface area (Å²) in [6, 6.07) is 0.198. The Morgan fingerprint density at radius 1 is 1.50 bits per heavy atom. The van der Waals surface area contributed by atoms with Gasteiger partial charge in [0, 0.05) is 0 Å². The Hall–Kier alpha value is -0.780. The van der Waals surface area contributed by atoms with Crippen molar-refractivity contribution < 1.29 is 0 Å². The molecule has 1 rings (SSSR count). The van der Waals surface area contributed by atoms with Gasteiger partial charge in [-0.3, -0.25) is 11.3 Å². The summed E-state index contributed by atoms with van der Waals surface area (Å²) in [5.41, 5.74) is 3.83. The molecular formula is C11H20N4S. The Morgan fingerprint density at radius 3 is 2.88 bits per heavy atom. The van der Waals surface area contributed by atoms with Gasteiger partial charge in [0.1, 0.15) is 0 Å². The maximum atomic E-state index is 5.56. The third kappa shape index (κ3) is 4.00. The van der Waals surface area contributed by atoms with Crippen molar-refractivity contribution in [3.05, 3.63) is 23.2 Å². The van der Waals surface area contributed by atoms with E-state index in [0.29, 0.717) is 0 Å². The molecule has 0 aromatic carbocycles. The third-order valence-corrected chi connectivity index (χ3v) is 3.55. The first kappa shape index (κ1) is 13.3. The van der Waals surface area contributed by atoms with E-state index in [1.807, 2.05) is 13.0 Å². The molecular weight excluding hydrogens is 220 g/mol. The highest BCUT2D eigenvalue weighted by Crippen LogP contribution is 2.24. The van der Waals surface area contributed by atoms with Gasteiger partial charge >= 0.3 is 0 Å². The van der Waals surface area contributed by atoms with Gasteiger partial charge in [0.2, 0.25) is 0 Å². The van der Waals surface area contributed by atoms with Crippen LogP contribution in [0.4, 0.5) is 0 Å². The normalized spacial score (nSPS) is 12.6. The van der Waals surface area contributed by atoms with E-state index in [1.165, 1.54) is 30.8 Å². The summed E-state index contributed by atoms with van der Waals surface area (Å²) in [4.78, 5) is 1.16. The Kier molecular flexibility index (Phi) is 6.22. The monoisotopic (exact) mass is 240 g/mol. The first-order valence-electron chi connectivity index (χ1n) is 5.65. The number of hydrazine groups is 1. The molecule has 0 fully saturated rings. The van der Waals surface area contributed by atoms with Crippen LogP contribution in [0, 0.1) is 6.92 Å². The van der Waals surface area contributed by atoms with Gasteiger partial charge in [-0.15, -0.1) is 11.7 Å². The fourth-order valence-electron chi connectivity index (χ4n) is 1.66. The Labute approximate surface area is 101 Å². The molecule has 0 aliphatic carbocycles. The van der Waals surface area contributed by atoms with E-state index in [9.17, 15) is 0 Å². The second-order valence-electron chi connectivity index (χ2n) is 3.87.